The third kappa shape index (κ3) is 4.94. The summed E-state index contributed by atoms with van der Waals surface area (Å²) in [6.07, 6.45) is 2.75. The van der Waals surface area contributed by atoms with Crippen LogP contribution in [0.25, 0.3) is 5.69 Å². The first kappa shape index (κ1) is 17.7. The number of hydrogen-bond acceptors (Lipinski definition) is 3. The zero-order chi connectivity index (χ0) is 17.7. The van der Waals surface area contributed by atoms with Gasteiger partial charge < -0.3 is 10.4 Å². The summed E-state index contributed by atoms with van der Waals surface area (Å²) in [7, 11) is 0. The number of carboxylic acid groups (broad SMARTS) is 1. The van der Waals surface area contributed by atoms with Gasteiger partial charge in [-0.15, -0.1) is 0 Å². The second-order valence-electron chi connectivity index (χ2n) is 6.94. The predicted octanol–water partition coefficient (Wildman–Crippen LogP) is 2.88. The first-order chi connectivity index (χ1) is 11.3. The van der Waals surface area contributed by atoms with Gasteiger partial charge in [-0.3, -0.25) is 4.79 Å². The van der Waals surface area contributed by atoms with Crippen molar-refractivity contribution in [2.45, 2.75) is 39.7 Å². The molecule has 6 nitrogen and oxygen atoms in total. The molecule has 0 saturated carbocycles. The van der Waals surface area contributed by atoms with Crippen LogP contribution in [0.15, 0.2) is 42.6 Å². The van der Waals surface area contributed by atoms with Crippen LogP contribution < -0.4 is 5.32 Å². The van der Waals surface area contributed by atoms with E-state index in [1.165, 1.54) is 0 Å². The smallest absolute Gasteiger partial charge is 0.326 e. The van der Waals surface area contributed by atoms with Gasteiger partial charge in [0.25, 0.3) is 5.91 Å². The van der Waals surface area contributed by atoms with Crippen molar-refractivity contribution in [2.75, 3.05) is 0 Å². The van der Waals surface area contributed by atoms with Crippen LogP contribution >= 0.6 is 0 Å². The van der Waals surface area contributed by atoms with Crippen LogP contribution in [0.3, 0.4) is 0 Å². The number of para-hydroxylation sites is 1. The molecule has 0 aliphatic rings. The third-order valence-electron chi connectivity index (χ3n) is 3.63. The minimum absolute atomic E-state index is 0.00726. The van der Waals surface area contributed by atoms with Crippen LogP contribution in [0.2, 0.25) is 0 Å². The molecule has 0 bridgehead atoms. The van der Waals surface area contributed by atoms with E-state index in [-0.39, 0.29) is 11.1 Å². The second kappa shape index (κ2) is 7.29. The van der Waals surface area contributed by atoms with Gasteiger partial charge in [0, 0.05) is 6.20 Å². The number of nitrogens with zero attached hydrogens (tertiary/aromatic N) is 2. The lowest BCUT2D eigenvalue weighted by Gasteiger charge is -2.21. The van der Waals surface area contributed by atoms with Gasteiger partial charge in [0.15, 0.2) is 5.69 Å². The van der Waals surface area contributed by atoms with Crippen molar-refractivity contribution in [1.82, 2.24) is 15.1 Å². The van der Waals surface area contributed by atoms with Crippen molar-refractivity contribution in [3.8, 4) is 5.69 Å². The SMILES string of the molecule is CC(C)(C)CCC(NC(=O)c1ccn(-c2ccccc2)n1)C(=O)O. The quantitative estimate of drug-likeness (QED) is 0.853. The molecule has 0 fully saturated rings. The molecular formula is C18H23N3O3. The molecule has 1 atom stereocenters. The van der Waals surface area contributed by atoms with Gasteiger partial charge in [-0.1, -0.05) is 39.0 Å². The summed E-state index contributed by atoms with van der Waals surface area (Å²) in [4.78, 5) is 23.6. The predicted molar refractivity (Wildman–Crippen MR) is 91.1 cm³/mol. The zero-order valence-electron chi connectivity index (χ0n) is 14.2. The minimum atomic E-state index is -1.03. The monoisotopic (exact) mass is 329 g/mol. The van der Waals surface area contributed by atoms with Gasteiger partial charge in [-0.2, -0.15) is 5.10 Å². The Morgan fingerprint density at radius 2 is 1.88 bits per heavy atom. The van der Waals surface area contributed by atoms with E-state index in [0.717, 1.165) is 5.69 Å². The van der Waals surface area contributed by atoms with E-state index in [9.17, 15) is 14.7 Å². The van der Waals surface area contributed by atoms with Gasteiger partial charge in [0.2, 0.25) is 0 Å². The Kier molecular flexibility index (Phi) is 5.39. The van der Waals surface area contributed by atoms with Crippen molar-refractivity contribution in [1.29, 1.82) is 0 Å². The van der Waals surface area contributed by atoms with Crippen LogP contribution in [0, 0.1) is 5.41 Å². The maximum absolute atomic E-state index is 12.3. The summed E-state index contributed by atoms with van der Waals surface area (Å²) in [5.41, 5.74) is 1.03. The molecule has 1 aromatic carbocycles. The average molecular weight is 329 g/mol. The molecule has 0 spiro atoms. The number of aliphatic carboxylic acids is 1. The highest BCUT2D eigenvalue weighted by atomic mass is 16.4. The summed E-state index contributed by atoms with van der Waals surface area (Å²) in [5, 5.41) is 16.1. The van der Waals surface area contributed by atoms with Crippen molar-refractivity contribution in [3.05, 3.63) is 48.3 Å². The van der Waals surface area contributed by atoms with E-state index in [0.29, 0.717) is 12.8 Å². The normalized spacial score (nSPS) is 12.6. The highest BCUT2D eigenvalue weighted by Gasteiger charge is 2.24. The lowest BCUT2D eigenvalue weighted by Crippen LogP contribution is -2.41. The molecular weight excluding hydrogens is 306 g/mol. The average Bonchev–Trinajstić information content (AvgIpc) is 3.01. The Bertz CT molecular complexity index is 702. The Labute approximate surface area is 141 Å². The van der Waals surface area contributed by atoms with E-state index >= 15 is 0 Å². The first-order valence-electron chi connectivity index (χ1n) is 7.91. The molecule has 24 heavy (non-hydrogen) atoms. The Morgan fingerprint density at radius 1 is 1.21 bits per heavy atom. The fourth-order valence-electron chi connectivity index (χ4n) is 2.24. The number of nitrogens with one attached hydrogen (secondary N) is 1. The lowest BCUT2D eigenvalue weighted by molar-refractivity contribution is -0.139. The number of rotatable bonds is 6. The Morgan fingerprint density at radius 3 is 2.46 bits per heavy atom. The van der Waals surface area contributed by atoms with E-state index < -0.39 is 17.9 Å². The summed E-state index contributed by atoms with van der Waals surface area (Å²) in [6.45, 7) is 6.11. The molecule has 2 N–H and O–H groups in total. The van der Waals surface area contributed by atoms with Crippen LogP contribution in [-0.4, -0.2) is 32.8 Å². The zero-order valence-corrected chi connectivity index (χ0v) is 14.2. The largest absolute Gasteiger partial charge is 0.480 e. The van der Waals surface area contributed by atoms with Crippen molar-refractivity contribution >= 4 is 11.9 Å². The molecule has 1 unspecified atom stereocenters. The van der Waals surface area contributed by atoms with Crippen molar-refractivity contribution in [2.24, 2.45) is 5.41 Å². The number of aromatic nitrogens is 2. The minimum Gasteiger partial charge on any atom is -0.480 e. The molecule has 0 saturated heterocycles. The van der Waals surface area contributed by atoms with Gasteiger partial charge >= 0.3 is 5.97 Å². The molecule has 2 aromatic rings. The Balaban J connectivity index is 2.05. The standard InChI is InChI=1S/C18H23N3O3/c1-18(2,3)11-9-15(17(23)24)19-16(22)14-10-12-21(20-14)13-7-5-4-6-8-13/h4-8,10,12,15H,9,11H2,1-3H3,(H,19,22)(H,23,24). The number of carboxylic acids is 1. The molecule has 1 aromatic heterocycles. The summed E-state index contributed by atoms with van der Waals surface area (Å²) in [6, 6.07) is 10.1. The van der Waals surface area contributed by atoms with Gasteiger partial charge in [-0.05, 0) is 36.5 Å². The van der Waals surface area contributed by atoms with Gasteiger partial charge in [-0.25, -0.2) is 9.48 Å². The molecule has 2 rings (SSSR count). The van der Waals surface area contributed by atoms with Crippen molar-refractivity contribution in [3.63, 3.8) is 0 Å². The molecule has 0 radical (unpaired) electrons. The van der Waals surface area contributed by atoms with E-state index in [1.54, 1.807) is 16.9 Å². The second-order valence-corrected chi connectivity index (χ2v) is 6.94. The van der Waals surface area contributed by atoms with Gasteiger partial charge in [0.05, 0.1) is 5.69 Å². The van der Waals surface area contributed by atoms with Crippen LogP contribution in [0.1, 0.15) is 44.1 Å². The number of amides is 1. The molecule has 1 amide bonds. The number of carbonyl (C=O) groups excluding carboxylic acids is 1. The molecule has 6 heteroatoms. The van der Waals surface area contributed by atoms with Crippen molar-refractivity contribution < 1.29 is 14.7 Å². The number of carbonyl (C=O) groups is 2. The number of benzene rings is 1. The van der Waals surface area contributed by atoms with E-state index in [1.807, 2.05) is 51.1 Å². The van der Waals surface area contributed by atoms with Crippen LogP contribution in [-0.2, 0) is 4.79 Å². The Hall–Kier alpha value is -2.63. The lowest BCUT2D eigenvalue weighted by atomic mass is 9.88. The summed E-state index contributed by atoms with van der Waals surface area (Å²) < 4.78 is 1.58. The number of hydrogen-bond donors (Lipinski definition) is 2. The maximum Gasteiger partial charge on any atom is 0.326 e. The van der Waals surface area contributed by atoms with Crippen LogP contribution in [0.4, 0.5) is 0 Å². The molecule has 1 heterocycles. The topological polar surface area (TPSA) is 84.2 Å². The molecule has 0 aliphatic heterocycles. The first-order valence-corrected chi connectivity index (χ1v) is 7.91. The van der Waals surface area contributed by atoms with Crippen LogP contribution in [0.5, 0.6) is 0 Å². The highest BCUT2D eigenvalue weighted by molar-refractivity contribution is 5.94. The fraction of sp³-hybridized carbons (Fsp3) is 0.389. The maximum atomic E-state index is 12.3. The van der Waals surface area contributed by atoms with Gasteiger partial charge in [0.1, 0.15) is 6.04 Å². The molecule has 128 valence electrons. The van der Waals surface area contributed by atoms with E-state index in [2.05, 4.69) is 10.4 Å². The fourth-order valence-corrected chi connectivity index (χ4v) is 2.24. The summed E-state index contributed by atoms with van der Waals surface area (Å²) >= 11 is 0. The molecule has 0 aliphatic carbocycles. The van der Waals surface area contributed by atoms with E-state index in [4.69, 9.17) is 0 Å². The highest BCUT2D eigenvalue weighted by Crippen LogP contribution is 2.21. The third-order valence-corrected chi connectivity index (χ3v) is 3.63. The summed E-state index contributed by atoms with van der Waals surface area (Å²) in [5.74, 6) is -1.51.